The Morgan fingerprint density at radius 1 is 1.18 bits per heavy atom. The van der Waals surface area contributed by atoms with E-state index in [1.54, 1.807) is 11.9 Å². The van der Waals surface area contributed by atoms with Gasteiger partial charge in [0, 0.05) is 38.2 Å². The first-order valence-electron chi connectivity index (χ1n) is 11.7. The van der Waals surface area contributed by atoms with E-state index in [0.29, 0.717) is 17.8 Å². The van der Waals surface area contributed by atoms with E-state index in [1.165, 1.54) is 12.3 Å². The van der Waals surface area contributed by atoms with Gasteiger partial charge in [0.25, 0.3) is 0 Å². The maximum atomic E-state index is 13.6. The number of likely N-dealkylation sites (N-methyl/N-ethyl adjacent to an activating group) is 1. The Morgan fingerprint density at radius 2 is 1.79 bits per heavy atom. The summed E-state index contributed by atoms with van der Waals surface area (Å²) in [4.78, 5) is 54.8. The highest BCUT2D eigenvalue weighted by Crippen LogP contribution is 2.31. The summed E-state index contributed by atoms with van der Waals surface area (Å²) in [5, 5.41) is 13.9. The lowest BCUT2D eigenvalue weighted by Crippen LogP contribution is -2.54. The predicted molar refractivity (Wildman–Crippen MR) is 130 cm³/mol. The topological polar surface area (TPSA) is 126 Å². The first-order chi connectivity index (χ1) is 15.8. The molecule has 1 unspecified atom stereocenters. The van der Waals surface area contributed by atoms with Crippen LogP contribution in [0.1, 0.15) is 89.3 Å². The molecule has 0 bridgehead atoms. The number of hydrogen-bond donors (Lipinski definition) is 2. The SMILES string of the molecule is CC[C@H](C)[C@H](NC(=O)CC(C)C)C(=O)N(C)C(C[C@@H](OC(C)=O)c1nc(C(=O)O)cs1)C(C)C. The third kappa shape index (κ3) is 8.70. The Kier molecular flexibility index (Phi) is 11.7. The van der Waals surface area contributed by atoms with Crippen molar-refractivity contribution < 1.29 is 29.0 Å². The fourth-order valence-electron chi connectivity index (χ4n) is 3.70. The van der Waals surface area contributed by atoms with Crippen LogP contribution in [-0.2, 0) is 19.1 Å². The molecule has 1 heterocycles. The molecule has 34 heavy (non-hydrogen) atoms. The van der Waals surface area contributed by atoms with E-state index in [2.05, 4.69) is 10.3 Å². The van der Waals surface area contributed by atoms with Crippen LogP contribution in [0.4, 0.5) is 0 Å². The fourth-order valence-corrected chi connectivity index (χ4v) is 4.53. The number of carboxylic acid groups (broad SMARTS) is 1. The maximum absolute atomic E-state index is 13.6. The predicted octanol–water partition coefficient (Wildman–Crippen LogP) is 3.90. The largest absolute Gasteiger partial charge is 0.476 e. The van der Waals surface area contributed by atoms with Gasteiger partial charge in [-0.2, -0.15) is 0 Å². The van der Waals surface area contributed by atoms with Gasteiger partial charge >= 0.3 is 11.9 Å². The Hall–Kier alpha value is -2.49. The molecule has 0 radical (unpaired) electrons. The third-order valence-electron chi connectivity index (χ3n) is 5.78. The van der Waals surface area contributed by atoms with Crippen molar-refractivity contribution in [2.75, 3.05) is 7.05 Å². The second kappa shape index (κ2) is 13.4. The minimum absolute atomic E-state index is 0.00476. The van der Waals surface area contributed by atoms with Crippen LogP contribution >= 0.6 is 11.3 Å². The number of nitrogens with one attached hydrogen (secondary N) is 1. The van der Waals surface area contributed by atoms with E-state index in [4.69, 9.17) is 4.74 Å². The molecule has 2 N–H and O–H groups in total. The van der Waals surface area contributed by atoms with Gasteiger partial charge in [0.2, 0.25) is 11.8 Å². The number of carbonyl (C=O) groups excluding carboxylic acids is 3. The number of carboxylic acids is 1. The van der Waals surface area contributed by atoms with Gasteiger partial charge in [0.15, 0.2) is 11.8 Å². The summed E-state index contributed by atoms with van der Waals surface area (Å²) in [6.07, 6.45) is 0.503. The zero-order valence-corrected chi connectivity index (χ0v) is 22.3. The molecule has 0 aromatic carbocycles. The van der Waals surface area contributed by atoms with Crippen LogP contribution < -0.4 is 5.32 Å². The molecule has 0 fully saturated rings. The van der Waals surface area contributed by atoms with Gasteiger partial charge in [-0.05, 0) is 17.8 Å². The summed E-state index contributed by atoms with van der Waals surface area (Å²) in [7, 11) is 1.69. The normalized spacial score (nSPS) is 14.9. The summed E-state index contributed by atoms with van der Waals surface area (Å²) in [5.41, 5.74) is -0.118. The molecule has 2 amide bonds. The number of amides is 2. The van der Waals surface area contributed by atoms with Gasteiger partial charge in [0.1, 0.15) is 11.0 Å². The summed E-state index contributed by atoms with van der Waals surface area (Å²) in [6, 6.07) is -1.02. The van der Waals surface area contributed by atoms with Crippen molar-refractivity contribution in [1.82, 2.24) is 15.2 Å². The average Bonchev–Trinajstić information content (AvgIpc) is 3.23. The molecule has 192 valence electrons. The van der Waals surface area contributed by atoms with Crippen LogP contribution in [0.5, 0.6) is 0 Å². The van der Waals surface area contributed by atoms with Crippen LogP contribution in [0.25, 0.3) is 0 Å². The lowest BCUT2D eigenvalue weighted by atomic mass is 9.93. The minimum atomic E-state index is -1.16. The average molecular weight is 498 g/mol. The van der Waals surface area contributed by atoms with E-state index in [9.17, 15) is 24.3 Å². The second-order valence-corrected chi connectivity index (χ2v) is 10.4. The zero-order chi connectivity index (χ0) is 26.2. The lowest BCUT2D eigenvalue weighted by molar-refractivity contribution is -0.149. The molecule has 10 heteroatoms. The molecule has 0 aliphatic heterocycles. The molecular weight excluding hydrogens is 458 g/mol. The quantitative estimate of drug-likeness (QED) is 0.396. The van der Waals surface area contributed by atoms with Crippen LogP contribution in [-0.4, -0.2) is 57.9 Å². The zero-order valence-electron chi connectivity index (χ0n) is 21.5. The molecule has 0 aliphatic rings. The van der Waals surface area contributed by atoms with Gasteiger partial charge in [-0.1, -0.05) is 48.0 Å². The smallest absolute Gasteiger partial charge is 0.355 e. The minimum Gasteiger partial charge on any atom is -0.476 e. The lowest BCUT2D eigenvalue weighted by Gasteiger charge is -2.37. The van der Waals surface area contributed by atoms with Crippen LogP contribution in [0.2, 0.25) is 0 Å². The summed E-state index contributed by atoms with van der Waals surface area (Å²) in [6.45, 7) is 13.0. The van der Waals surface area contributed by atoms with E-state index in [1.807, 2.05) is 41.5 Å². The van der Waals surface area contributed by atoms with Gasteiger partial charge < -0.3 is 20.1 Å². The first kappa shape index (κ1) is 29.5. The Labute approximate surface area is 206 Å². The fraction of sp³-hybridized carbons (Fsp3) is 0.708. The second-order valence-electron chi connectivity index (χ2n) is 9.50. The summed E-state index contributed by atoms with van der Waals surface area (Å²) >= 11 is 1.10. The van der Waals surface area contributed by atoms with Crippen LogP contribution in [0, 0.1) is 17.8 Å². The van der Waals surface area contributed by atoms with E-state index >= 15 is 0 Å². The highest BCUT2D eigenvalue weighted by molar-refractivity contribution is 7.09. The van der Waals surface area contributed by atoms with Crippen LogP contribution in [0.3, 0.4) is 0 Å². The molecule has 0 aliphatic carbocycles. The van der Waals surface area contributed by atoms with Crippen molar-refractivity contribution in [1.29, 1.82) is 0 Å². The molecule has 0 saturated carbocycles. The number of ether oxygens (including phenoxy) is 1. The molecule has 0 saturated heterocycles. The number of aromatic nitrogens is 1. The maximum Gasteiger partial charge on any atom is 0.355 e. The number of esters is 1. The van der Waals surface area contributed by atoms with Crippen molar-refractivity contribution in [3.63, 3.8) is 0 Å². The Balaban J connectivity index is 3.19. The number of hydrogen-bond acceptors (Lipinski definition) is 7. The van der Waals surface area contributed by atoms with Gasteiger partial charge in [0.05, 0.1) is 0 Å². The summed E-state index contributed by atoms with van der Waals surface area (Å²) < 4.78 is 5.49. The highest BCUT2D eigenvalue weighted by atomic mass is 32.1. The number of rotatable bonds is 13. The molecule has 1 aromatic heterocycles. The van der Waals surface area contributed by atoms with Crippen molar-refractivity contribution in [3.05, 3.63) is 16.1 Å². The molecule has 1 rings (SSSR count). The highest BCUT2D eigenvalue weighted by Gasteiger charge is 2.35. The number of nitrogens with zero attached hydrogens (tertiary/aromatic N) is 2. The molecule has 4 atom stereocenters. The Morgan fingerprint density at radius 3 is 2.24 bits per heavy atom. The molecule has 9 nitrogen and oxygen atoms in total. The molecular formula is C24H39N3O6S. The Bertz CT molecular complexity index is 854. The van der Waals surface area contributed by atoms with Gasteiger partial charge in [-0.25, -0.2) is 9.78 Å². The van der Waals surface area contributed by atoms with Crippen LogP contribution in [0.15, 0.2) is 5.38 Å². The number of aromatic carboxylic acids is 1. The van der Waals surface area contributed by atoms with Crippen molar-refractivity contribution in [2.24, 2.45) is 17.8 Å². The van der Waals surface area contributed by atoms with Crippen molar-refractivity contribution in [3.8, 4) is 0 Å². The van der Waals surface area contributed by atoms with E-state index in [0.717, 1.165) is 11.3 Å². The monoisotopic (exact) mass is 497 g/mol. The first-order valence-corrected chi connectivity index (χ1v) is 12.6. The summed E-state index contributed by atoms with van der Waals surface area (Å²) in [5.74, 6) is -1.96. The standard InChI is InChI=1S/C24H39N3O6S/c1-9-15(6)21(26-20(29)10-13(2)3)23(30)27(8)18(14(4)5)11-19(33-16(7)28)22-25-17(12-34-22)24(31)32/h12-15,18-19,21H,9-11H2,1-8H3,(H,26,29)(H,31,32)/t15-,18?,19+,21-/m0/s1. The van der Waals surface area contributed by atoms with Gasteiger partial charge in [-0.3, -0.25) is 14.4 Å². The van der Waals surface area contributed by atoms with Crippen molar-refractivity contribution in [2.45, 2.75) is 85.9 Å². The number of thiazole rings is 1. The molecule has 0 spiro atoms. The van der Waals surface area contributed by atoms with Gasteiger partial charge in [-0.15, -0.1) is 11.3 Å². The van der Waals surface area contributed by atoms with Crippen molar-refractivity contribution >= 4 is 35.1 Å². The van der Waals surface area contributed by atoms with E-state index in [-0.39, 0.29) is 47.7 Å². The molecule has 1 aromatic rings. The third-order valence-corrected chi connectivity index (χ3v) is 6.72. The van der Waals surface area contributed by atoms with E-state index < -0.39 is 24.1 Å². The number of carbonyl (C=O) groups is 4.